The summed E-state index contributed by atoms with van der Waals surface area (Å²) in [4.78, 5) is 4.70. The van der Waals surface area contributed by atoms with Crippen molar-refractivity contribution in [2.75, 3.05) is 0 Å². The van der Waals surface area contributed by atoms with Gasteiger partial charge in [0, 0.05) is 23.3 Å². The van der Waals surface area contributed by atoms with Crippen LogP contribution in [-0.2, 0) is 11.8 Å². The molecule has 0 aliphatic heterocycles. The smallest absolute Gasteiger partial charge is 0.0944 e. The first kappa shape index (κ1) is 12.0. The normalized spacial score (nSPS) is 18.8. The van der Waals surface area contributed by atoms with Crippen molar-refractivity contribution in [2.45, 2.75) is 51.5 Å². The third-order valence-electron chi connectivity index (χ3n) is 3.12. The second kappa shape index (κ2) is 4.43. The topological polar surface area (TPSA) is 50.9 Å². The Morgan fingerprint density at radius 1 is 1.56 bits per heavy atom. The minimum atomic E-state index is 0.153. The highest BCUT2D eigenvalue weighted by Gasteiger charge is 2.31. The van der Waals surface area contributed by atoms with Crippen LogP contribution in [0, 0.1) is 5.92 Å². The number of hydrogen-bond acceptors (Lipinski definition) is 4. The quantitative estimate of drug-likeness (QED) is 0.626. The van der Waals surface area contributed by atoms with E-state index in [9.17, 15) is 0 Å². The van der Waals surface area contributed by atoms with Crippen LogP contribution in [0.15, 0.2) is 5.38 Å². The van der Waals surface area contributed by atoms with Crippen molar-refractivity contribution < 1.29 is 0 Å². The van der Waals surface area contributed by atoms with Gasteiger partial charge in [-0.25, -0.2) is 4.98 Å². The highest BCUT2D eigenvalue weighted by molar-refractivity contribution is 7.09. The summed E-state index contributed by atoms with van der Waals surface area (Å²) in [5.41, 5.74) is 4.27. The molecule has 1 saturated carbocycles. The summed E-state index contributed by atoms with van der Waals surface area (Å²) < 4.78 is 0. The molecule has 1 unspecified atom stereocenters. The van der Waals surface area contributed by atoms with Crippen molar-refractivity contribution in [1.29, 1.82) is 0 Å². The van der Waals surface area contributed by atoms with Crippen molar-refractivity contribution >= 4 is 11.3 Å². The van der Waals surface area contributed by atoms with Crippen LogP contribution in [0.3, 0.4) is 0 Å². The molecule has 0 amide bonds. The van der Waals surface area contributed by atoms with E-state index in [2.05, 4.69) is 31.6 Å². The monoisotopic (exact) mass is 239 g/mol. The van der Waals surface area contributed by atoms with Gasteiger partial charge in [0.1, 0.15) is 0 Å². The predicted molar refractivity (Wildman–Crippen MR) is 68.4 cm³/mol. The Morgan fingerprint density at radius 3 is 2.69 bits per heavy atom. The van der Waals surface area contributed by atoms with Crippen LogP contribution >= 0.6 is 11.3 Å². The maximum Gasteiger partial charge on any atom is 0.0944 e. The lowest BCUT2D eigenvalue weighted by Crippen LogP contribution is -2.38. The van der Waals surface area contributed by atoms with Gasteiger partial charge in [0.2, 0.25) is 0 Å². The lowest BCUT2D eigenvalue weighted by Gasteiger charge is -2.15. The van der Waals surface area contributed by atoms with Crippen LogP contribution in [0.2, 0.25) is 0 Å². The molecule has 1 atom stereocenters. The summed E-state index contributed by atoms with van der Waals surface area (Å²) in [7, 11) is 0. The van der Waals surface area contributed by atoms with Gasteiger partial charge in [0.25, 0.3) is 0 Å². The molecule has 1 aromatic heterocycles. The van der Waals surface area contributed by atoms with Crippen LogP contribution in [-0.4, -0.2) is 11.0 Å². The van der Waals surface area contributed by atoms with Crippen molar-refractivity contribution in [3.8, 4) is 0 Å². The van der Waals surface area contributed by atoms with E-state index in [0.29, 0.717) is 6.04 Å². The molecular formula is C12H21N3S. The van der Waals surface area contributed by atoms with E-state index in [1.165, 1.54) is 23.5 Å². The zero-order valence-corrected chi connectivity index (χ0v) is 11.1. The summed E-state index contributed by atoms with van der Waals surface area (Å²) in [5.74, 6) is 6.35. The van der Waals surface area contributed by atoms with E-state index in [4.69, 9.17) is 10.8 Å². The van der Waals surface area contributed by atoms with E-state index < -0.39 is 0 Å². The third-order valence-corrected chi connectivity index (χ3v) is 3.99. The number of aromatic nitrogens is 1. The van der Waals surface area contributed by atoms with Crippen LogP contribution in [0.25, 0.3) is 0 Å². The molecule has 90 valence electrons. The number of nitrogens with one attached hydrogen (secondary N) is 1. The second-order valence-electron chi connectivity index (χ2n) is 5.69. The van der Waals surface area contributed by atoms with Gasteiger partial charge in [0.15, 0.2) is 0 Å². The van der Waals surface area contributed by atoms with Crippen molar-refractivity contribution in [1.82, 2.24) is 10.4 Å². The van der Waals surface area contributed by atoms with Crippen molar-refractivity contribution in [3.63, 3.8) is 0 Å². The Labute approximate surface area is 101 Å². The van der Waals surface area contributed by atoms with Crippen LogP contribution in [0.1, 0.15) is 44.3 Å². The molecule has 0 radical (unpaired) electrons. The molecular weight excluding hydrogens is 218 g/mol. The number of thiazole rings is 1. The second-order valence-corrected chi connectivity index (χ2v) is 6.63. The zero-order valence-electron chi connectivity index (χ0n) is 10.3. The molecule has 1 aliphatic carbocycles. The van der Waals surface area contributed by atoms with Gasteiger partial charge in [-0.2, -0.15) is 0 Å². The third kappa shape index (κ3) is 2.81. The van der Waals surface area contributed by atoms with Crippen LogP contribution in [0.4, 0.5) is 0 Å². The number of hydrogen-bond donors (Lipinski definition) is 2. The number of hydrazine groups is 1. The van der Waals surface area contributed by atoms with Crippen molar-refractivity contribution in [2.24, 2.45) is 11.8 Å². The largest absolute Gasteiger partial charge is 0.271 e. The minimum Gasteiger partial charge on any atom is -0.271 e. The molecule has 4 heteroatoms. The fourth-order valence-corrected chi connectivity index (χ4v) is 2.88. The van der Waals surface area contributed by atoms with Crippen LogP contribution < -0.4 is 11.3 Å². The summed E-state index contributed by atoms with van der Waals surface area (Å²) in [6.45, 7) is 6.60. The Morgan fingerprint density at radius 2 is 2.25 bits per heavy atom. The Kier molecular flexibility index (Phi) is 3.33. The lowest BCUT2D eigenvalue weighted by atomic mass is 9.93. The lowest BCUT2D eigenvalue weighted by molar-refractivity contribution is 0.470. The van der Waals surface area contributed by atoms with Gasteiger partial charge < -0.3 is 0 Å². The average Bonchev–Trinajstić information content (AvgIpc) is 2.92. The van der Waals surface area contributed by atoms with E-state index in [-0.39, 0.29) is 5.41 Å². The highest BCUT2D eigenvalue weighted by Crippen LogP contribution is 2.34. The maximum atomic E-state index is 5.58. The first-order chi connectivity index (χ1) is 7.50. The Hall–Kier alpha value is -0.450. The standard InChI is InChI=1S/C12H21N3S/c1-12(2,3)10-7-16-11(14-10)6-9(15-13)8-4-5-8/h7-9,15H,4-6,13H2,1-3H3. The van der Waals surface area contributed by atoms with Crippen LogP contribution in [0.5, 0.6) is 0 Å². The molecule has 3 nitrogen and oxygen atoms in total. The van der Waals surface area contributed by atoms with E-state index in [1.807, 2.05) is 0 Å². The molecule has 16 heavy (non-hydrogen) atoms. The number of nitrogens with two attached hydrogens (primary N) is 1. The van der Waals surface area contributed by atoms with E-state index in [1.54, 1.807) is 11.3 Å². The van der Waals surface area contributed by atoms with Gasteiger partial charge in [-0.3, -0.25) is 11.3 Å². The predicted octanol–water partition coefficient (Wildman–Crippen LogP) is 2.22. The fraction of sp³-hybridized carbons (Fsp3) is 0.750. The molecule has 3 N–H and O–H groups in total. The summed E-state index contributed by atoms with van der Waals surface area (Å²) in [6.07, 6.45) is 3.60. The Bertz CT molecular complexity index is 349. The van der Waals surface area contributed by atoms with Gasteiger partial charge in [0.05, 0.1) is 10.7 Å². The molecule has 2 rings (SSSR count). The van der Waals surface area contributed by atoms with Gasteiger partial charge in [-0.15, -0.1) is 11.3 Å². The average molecular weight is 239 g/mol. The zero-order chi connectivity index (χ0) is 11.8. The maximum absolute atomic E-state index is 5.58. The molecule has 0 aromatic carbocycles. The molecule has 0 bridgehead atoms. The summed E-state index contributed by atoms with van der Waals surface area (Å²) in [6, 6.07) is 0.416. The first-order valence-electron chi connectivity index (χ1n) is 5.91. The molecule has 1 aromatic rings. The Balaban J connectivity index is 2.01. The van der Waals surface area contributed by atoms with Gasteiger partial charge in [-0.1, -0.05) is 20.8 Å². The number of rotatable bonds is 4. The van der Waals surface area contributed by atoms with Gasteiger partial charge >= 0.3 is 0 Å². The number of nitrogens with zero attached hydrogens (tertiary/aromatic N) is 1. The molecule has 1 aliphatic rings. The SMILES string of the molecule is CC(C)(C)c1csc(CC(NN)C2CC2)n1. The highest BCUT2D eigenvalue weighted by atomic mass is 32.1. The first-order valence-corrected chi connectivity index (χ1v) is 6.79. The van der Waals surface area contributed by atoms with Gasteiger partial charge in [-0.05, 0) is 18.8 Å². The molecule has 1 heterocycles. The van der Waals surface area contributed by atoms with E-state index >= 15 is 0 Å². The molecule has 1 fully saturated rings. The summed E-state index contributed by atoms with van der Waals surface area (Å²) in [5, 5.41) is 3.38. The van der Waals surface area contributed by atoms with Crippen molar-refractivity contribution in [3.05, 3.63) is 16.1 Å². The minimum absolute atomic E-state index is 0.153. The van der Waals surface area contributed by atoms with E-state index in [0.717, 1.165) is 12.3 Å². The molecule has 0 spiro atoms. The fourth-order valence-electron chi connectivity index (χ4n) is 1.80. The molecule has 0 saturated heterocycles. The summed E-state index contributed by atoms with van der Waals surface area (Å²) >= 11 is 1.76.